The van der Waals surface area contributed by atoms with Crippen LogP contribution < -0.4 is 14.8 Å². The third-order valence-electron chi connectivity index (χ3n) is 3.01. The van der Waals surface area contributed by atoms with Crippen LogP contribution in [0.15, 0.2) is 22.7 Å². The van der Waals surface area contributed by atoms with E-state index < -0.39 is 0 Å². The molecule has 0 aliphatic carbocycles. The molecular formula is C15H21N3O4. The third kappa shape index (κ3) is 4.11. The number of nitrogens with one attached hydrogen (secondary N) is 1. The molecule has 2 aromatic rings. The highest BCUT2D eigenvalue weighted by Gasteiger charge is 2.11. The molecule has 2 rings (SSSR count). The molecule has 1 aromatic heterocycles. The van der Waals surface area contributed by atoms with Crippen molar-refractivity contribution in [2.45, 2.75) is 13.3 Å². The van der Waals surface area contributed by atoms with E-state index in [9.17, 15) is 0 Å². The van der Waals surface area contributed by atoms with E-state index in [4.69, 9.17) is 18.7 Å². The summed E-state index contributed by atoms with van der Waals surface area (Å²) in [6.45, 7) is 4.12. The molecule has 120 valence electrons. The lowest BCUT2D eigenvalue weighted by Crippen LogP contribution is -2.05. The molecular weight excluding hydrogens is 286 g/mol. The number of methoxy groups -OCH3 is 2. The van der Waals surface area contributed by atoms with Gasteiger partial charge in [0.25, 0.3) is 0 Å². The normalized spacial score (nSPS) is 10.5. The molecule has 0 saturated carbocycles. The first kappa shape index (κ1) is 16.1. The maximum atomic E-state index is 5.27. The second-order valence-corrected chi connectivity index (χ2v) is 4.47. The van der Waals surface area contributed by atoms with E-state index in [0.29, 0.717) is 36.5 Å². The second kappa shape index (κ2) is 8.23. The van der Waals surface area contributed by atoms with Gasteiger partial charge in [-0.25, -0.2) is 0 Å². The number of aromatic nitrogens is 2. The Bertz CT molecular complexity index is 586. The maximum Gasteiger partial charge on any atom is 0.321 e. The van der Waals surface area contributed by atoms with Crippen LogP contribution in [0.2, 0.25) is 0 Å². The Morgan fingerprint density at radius 3 is 2.73 bits per heavy atom. The number of anilines is 1. The predicted molar refractivity (Wildman–Crippen MR) is 82.4 cm³/mol. The minimum Gasteiger partial charge on any atom is -0.493 e. The Labute approximate surface area is 129 Å². The van der Waals surface area contributed by atoms with Crippen LogP contribution in [0.25, 0.3) is 11.4 Å². The second-order valence-electron chi connectivity index (χ2n) is 4.47. The van der Waals surface area contributed by atoms with Crippen LogP contribution in [0, 0.1) is 0 Å². The van der Waals surface area contributed by atoms with Gasteiger partial charge in [-0.15, -0.1) is 0 Å². The van der Waals surface area contributed by atoms with Crippen LogP contribution in [0.3, 0.4) is 0 Å². The lowest BCUT2D eigenvalue weighted by molar-refractivity contribution is 0.147. The molecule has 22 heavy (non-hydrogen) atoms. The fourth-order valence-corrected chi connectivity index (χ4v) is 1.90. The van der Waals surface area contributed by atoms with Crippen molar-refractivity contribution in [2.75, 3.05) is 39.3 Å². The molecule has 7 heteroatoms. The van der Waals surface area contributed by atoms with Gasteiger partial charge in [-0.05, 0) is 31.5 Å². The summed E-state index contributed by atoms with van der Waals surface area (Å²) in [6.07, 6.45) is 0.877. The number of nitrogens with zero attached hydrogens (tertiary/aromatic N) is 2. The molecule has 0 bridgehead atoms. The van der Waals surface area contributed by atoms with Gasteiger partial charge in [0.05, 0.1) is 14.2 Å². The molecule has 0 amide bonds. The Morgan fingerprint density at radius 1 is 1.18 bits per heavy atom. The van der Waals surface area contributed by atoms with Crippen molar-refractivity contribution in [2.24, 2.45) is 0 Å². The fraction of sp³-hybridized carbons (Fsp3) is 0.467. The minimum absolute atomic E-state index is 0.390. The fourth-order valence-electron chi connectivity index (χ4n) is 1.90. The quantitative estimate of drug-likeness (QED) is 0.713. The third-order valence-corrected chi connectivity index (χ3v) is 3.01. The summed E-state index contributed by atoms with van der Waals surface area (Å²) in [5, 5.41) is 7.02. The SMILES string of the molecule is CCOCCCNc1nc(-c2ccc(OC)c(OC)c2)no1. The topological polar surface area (TPSA) is 78.6 Å². The van der Waals surface area contributed by atoms with E-state index >= 15 is 0 Å². The average molecular weight is 307 g/mol. The molecule has 0 spiro atoms. The first-order chi connectivity index (χ1) is 10.8. The zero-order valence-electron chi connectivity index (χ0n) is 13.1. The van der Waals surface area contributed by atoms with Gasteiger partial charge in [0.15, 0.2) is 11.5 Å². The van der Waals surface area contributed by atoms with Gasteiger partial charge in [0, 0.05) is 25.3 Å². The molecule has 0 atom stereocenters. The summed E-state index contributed by atoms with van der Waals surface area (Å²) in [5.41, 5.74) is 0.795. The van der Waals surface area contributed by atoms with Gasteiger partial charge in [-0.3, -0.25) is 0 Å². The predicted octanol–water partition coefficient (Wildman–Crippen LogP) is 2.59. The van der Waals surface area contributed by atoms with Crippen molar-refractivity contribution >= 4 is 6.01 Å². The zero-order chi connectivity index (χ0) is 15.8. The van der Waals surface area contributed by atoms with Crippen LogP contribution in [0.1, 0.15) is 13.3 Å². The summed E-state index contributed by atoms with van der Waals surface area (Å²) in [4.78, 5) is 4.30. The standard InChI is InChI=1S/C15H21N3O4/c1-4-21-9-5-8-16-15-17-14(18-22-15)11-6-7-12(19-2)13(10-11)20-3/h6-7,10H,4-5,8-9H2,1-3H3,(H,16,17,18). The average Bonchev–Trinajstić information content (AvgIpc) is 3.03. The highest BCUT2D eigenvalue weighted by molar-refractivity contribution is 5.61. The minimum atomic E-state index is 0.390. The summed E-state index contributed by atoms with van der Waals surface area (Å²) >= 11 is 0. The zero-order valence-corrected chi connectivity index (χ0v) is 13.1. The van der Waals surface area contributed by atoms with Crippen molar-refractivity contribution < 1.29 is 18.7 Å². The van der Waals surface area contributed by atoms with E-state index in [0.717, 1.165) is 18.6 Å². The molecule has 1 aromatic carbocycles. The molecule has 0 aliphatic heterocycles. The molecule has 0 radical (unpaired) electrons. The Hall–Kier alpha value is -2.28. The highest BCUT2D eigenvalue weighted by Crippen LogP contribution is 2.31. The van der Waals surface area contributed by atoms with Crippen LogP contribution in [-0.4, -0.2) is 44.1 Å². The monoisotopic (exact) mass is 307 g/mol. The van der Waals surface area contributed by atoms with Gasteiger partial charge in [0.2, 0.25) is 5.82 Å². The summed E-state index contributed by atoms with van der Waals surface area (Å²) in [7, 11) is 3.18. The van der Waals surface area contributed by atoms with Crippen LogP contribution in [0.4, 0.5) is 6.01 Å². The van der Waals surface area contributed by atoms with Crippen LogP contribution in [0.5, 0.6) is 11.5 Å². The number of hydrogen-bond acceptors (Lipinski definition) is 7. The van der Waals surface area contributed by atoms with Crippen molar-refractivity contribution in [3.63, 3.8) is 0 Å². The molecule has 0 aliphatic rings. The van der Waals surface area contributed by atoms with Gasteiger partial charge in [-0.2, -0.15) is 4.98 Å². The molecule has 1 heterocycles. The number of hydrogen-bond donors (Lipinski definition) is 1. The van der Waals surface area contributed by atoms with E-state index in [2.05, 4.69) is 15.5 Å². The van der Waals surface area contributed by atoms with Gasteiger partial charge >= 0.3 is 6.01 Å². The number of benzene rings is 1. The Balaban J connectivity index is 1.99. The molecule has 0 unspecified atom stereocenters. The number of ether oxygens (including phenoxy) is 3. The Kier molecular flexibility index (Phi) is 6.02. The smallest absolute Gasteiger partial charge is 0.321 e. The molecule has 1 N–H and O–H groups in total. The van der Waals surface area contributed by atoms with Crippen molar-refractivity contribution in [1.82, 2.24) is 10.1 Å². The molecule has 7 nitrogen and oxygen atoms in total. The van der Waals surface area contributed by atoms with E-state index in [-0.39, 0.29) is 0 Å². The summed E-state index contributed by atoms with van der Waals surface area (Å²) < 4.78 is 20.9. The van der Waals surface area contributed by atoms with Crippen molar-refractivity contribution in [1.29, 1.82) is 0 Å². The first-order valence-electron chi connectivity index (χ1n) is 7.16. The lowest BCUT2D eigenvalue weighted by Gasteiger charge is -2.07. The number of rotatable bonds is 9. The van der Waals surface area contributed by atoms with Gasteiger partial charge in [0.1, 0.15) is 0 Å². The largest absolute Gasteiger partial charge is 0.493 e. The Morgan fingerprint density at radius 2 is 2.00 bits per heavy atom. The van der Waals surface area contributed by atoms with E-state index in [1.54, 1.807) is 20.3 Å². The maximum absolute atomic E-state index is 5.27. The van der Waals surface area contributed by atoms with Crippen molar-refractivity contribution in [3.05, 3.63) is 18.2 Å². The van der Waals surface area contributed by atoms with E-state index in [1.165, 1.54) is 0 Å². The van der Waals surface area contributed by atoms with E-state index in [1.807, 2.05) is 19.1 Å². The van der Waals surface area contributed by atoms with Crippen LogP contribution in [-0.2, 0) is 4.74 Å². The van der Waals surface area contributed by atoms with Gasteiger partial charge in [-0.1, -0.05) is 5.16 Å². The summed E-state index contributed by atoms with van der Waals surface area (Å²) in [6, 6.07) is 5.86. The van der Waals surface area contributed by atoms with Gasteiger partial charge < -0.3 is 24.1 Å². The summed E-state index contributed by atoms with van der Waals surface area (Å²) in [5.74, 6) is 1.77. The van der Waals surface area contributed by atoms with Crippen molar-refractivity contribution in [3.8, 4) is 22.9 Å². The van der Waals surface area contributed by atoms with Crippen LogP contribution >= 0.6 is 0 Å². The molecule has 0 fully saturated rings. The first-order valence-corrected chi connectivity index (χ1v) is 7.16. The highest BCUT2D eigenvalue weighted by atomic mass is 16.5. The molecule has 0 saturated heterocycles. The lowest BCUT2D eigenvalue weighted by atomic mass is 10.2.